The van der Waals surface area contributed by atoms with E-state index in [1.54, 1.807) is 90.7 Å². The highest BCUT2D eigenvalue weighted by Gasteiger charge is 2.50. The predicted octanol–water partition coefficient (Wildman–Crippen LogP) is -2.48. The van der Waals surface area contributed by atoms with Gasteiger partial charge in [-0.1, -0.05) is 111 Å². The van der Waals surface area contributed by atoms with Gasteiger partial charge in [-0.15, -0.1) is 0 Å². The molecule has 0 aliphatic carbocycles. The lowest BCUT2D eigenvalue weighted by Gasteiger charge is -2.41. The van der Waals surface area contributed by atoms with Crippen molar-refractivity contribution in [2.24, 2.45) is 29.6 Å². The molecule has 0 bridgehead atoms. The molecule has 22 atom stereocenters. The number of rotatable bonds is 44. The zero-order chi connectivity index (χ0) is 88.6. The summed E-state index contributed by atoms with van der Waals surface area (Å²) in [5.41, 5.74) is 1.25. The van der Waals surface area contributed by atoms with Gasteiger partial charge in [0.1, 0.15) is 86.1 Å². The second kappa shape index (κ2) is 46.6. The molecule has 660 valence electrons. The van der Waals surface area contributed by atoms with Crippen molar-refractivity contribution in [1.82, 2.24) is 51.5 Å². The van der Waals surface area contributed by atoms with Crippen LogP contribution in [0.5, 0.6) is 0 Å². The first kappa shape index (κ1) is 96.2. The number of imide groups is 1. The maximum absolute atomic E-state index is 15.0. The number of likely N-dealkylation sites (tertiary alicyclic amines) is 2. The largest absolute Gasteiger partial charge is 0.479 e. The van der Waals surface area contributed by atoms with E-state index in [4.69, 9.17) is 34.5 Å². The molecule has 39 heteroatoms. The molecule has 4 aliphatic rings. The Morgan fingerprint density at radius 3 is 1.87 bits per heavy atom. The van der Waals surface area contributed by atoms with E-state index in [1.807, 2.05) is 13.8 Å². The molecule has 4 heterocycles. The van der Waals surface area contributed by atoms with Crippen molar-refractivity contribution in [3.05, 3.63) is 65.7 Å². The Balaban J connectivity index is 1.06. The zero-order valence-electron chi connectivity index (χ0n) is 70.0. The number of ether oxygens (including phenoxy) is 7. The molecule has 39 nitrogen and oxygen atoms in total. The Hall–Kier alpha value is -8.97. The van der Waals surface area contributed by atoms with Crippen molar-refractivity contribution in [2.75, 3.05) is 79.6 Å². The number of nitrogens with one attached hydrogen (secondary N) is 7. The van der Waals surface area contributed by atoms with E-state index < -0.39 is 237 Å². The summed E-state index contributed by atoms with van der Waals surface area (Å²) in [5, 5.41) is 99.9. The molecule has 4 fully saturated rings. The summed E-state index contributed by atoms with van der Waals surface area (Å²) in [4.78, 5) is 181. The van der Waals surface area contributed by atoms with Crippen LogP contribution >= 0.6 is 0 Å². The van der Waals surface area contributed by atoms with Gasteiger partial charge in [0.2, 0.25) is 65.0 Å². The van der Waals surface area contributed by atoms with Gasteiger partial charge in [0, 0.05) is 80.7 Å². The SMILES string of the molecule is [3H]C1CC(=O)N(CC(=O)NCCC(=O)N[C@H](C(=O)N[C@@H](CO[C@@H]2O[C@H](CO)[C@@H](O)[C@H](O)[C@H]2O)C(=O)Nc2ccc(COC(=O)N(C)[C@H](C(=O)N[C@H](C(=O)N(C)[C@@H]([C@@H](C)CC)[C@@H](CC(=O)N3CCC[C@H]3[C@H](OC)[C@@H](C)C(=O)N[C@@H](Cc3ccccc3)C(=O)NCCCO[C@@H]3O[C@H](C(=O)O)[C@@H](O)[C@H](O)[C@H]3O)OC)C(C)C)C(C)C)cc2)C(C)C)C1=O. The molecule has 0 spiro atoms. The molecule has 2 aromatic carbocycles. The number of carboxylic acids is 1. The fourth-order valence-corrected chi connectivity index (χ4v) is 14.5. The number of methoxy groups -OCH3 is 2. The highest BCUT2D eigenvalue weighted by Crippen LogP contribution is 2.32. The van der Waals surface area contributed by atoms with Crippen LogP contribution in [0.25, 0.3) is 0 Å². The molecular formula is C79H121N11O28. The molecule has 0 aromatic heterocycles. The van der Waals surface area contributed by atoms with E-state index in [9.17, 15) is 98.4 Å². The van der Waals surface area contributed by atoms with Crippen LogP contribution in [0.2, 0.25) is 0 Å². The summed E-state index contributed by atoms with van der Waals surface area (Å²) in [5.74, 6) is -12.0. The second-order valence-corrected chi connectivity index (χ2v) is 31.1. The summed E-state index contributed by atoms with van der Waals surface area (Å²) >= 11 is 0. The van der Waals surface area contributed by atoms with Crippen LogP contribution in [0.1, 0.15) is 126 Å². The van der Waals surface area contributed by atoms with Crippen LogP contribution < -0.4 is 37.2 Å². The summed E-state index contributed by atoms with van der Waals surface area (Å²) in [7, 11) is 5.79. The number of carboxylic acid groups (broad SMARTS) is 1. The summed E-state index contributed by atoms with van der Waals surface area (Å²) in [6.07, 6.45) is -20.9. The molecule has 0 saturated carbocycles. The Bertz CT molecular complexity index is 3740. The van der Waals surface area contributed by atoms with Crippen molar-refractivity contribution in [1.29, 1.82) is 0 Å². The monoisotopic (exact) mass is 1670 g/mol. The van der Waals surface area contributed by atoms with Crippen molar-refractivity contribution in [3.8, 4) is 0 Å². The van der Waals surface area contributed by atoms with Gasteiger partial charge in [0.05, 0.1) is 56.5 Å². The van der Waals surface area contributed by atoms with Crippen molar-refractivity contribution < 1.29 is 138 Å². The van der Waals surface area contributed by atoms with Crippen LogP contribution in [0, 0.1) is 29.6 Å². The predicted molar refractivity (Wildman–Crippen MR) is 417 cm³/mol. The number of carbonyl (C=O) groups is 13. The number of carbonyl (C=O) groups excluding carboxylic acids is 12. The molecule has 4 saturated heterocycles. The molecule has 118 heavy (non-hydrogen) atoms. The first-order valence-corrected chi connectivity index (χ1v) is 39.6. The van der Waals surface area contributed by atoms with Gasteiger partial charge < -0.3 is 121 Å². The lowest BCUT2D eigenvalue weighted by molar-refractivity contribution is -0.301. The van der Waals surface area contributed by atoms with Crippen molar-refractivity contribution >= 4 is 82.7 Å². The third-order valence-electron chi connectivity index (χ3n) is 21.5. The molecule has 1 unspecified atom stereocenters. The molecule has 2 aromatic rings. The summed E-state index contributed by atoms with van der Waals surface area (Å²) < 4.78 is 47.3. The van der Waals surface area contributed by atoms with E-state index in [1.165, 1.54) is 50.4 Å². The van der Waals surface area contributed by atoms with Crippen LogP contribution in [0.15, 0.2) is 54.6 Å². The quantitative estimate of drug-likeness (QED) is 0.0241. The minimum absolute atomic E-state index is 0.00674. The van der Waals surface area contributed by atoms with Crippen LogP contribution in [0.3, 0.4) is 0 Å². The number of aliphatic hydroxyl groups is 7. The first-order chi connectivity index (χ1) is 56.2. The standard InChI is InChI=1S/C79H121N11O28/c1-14-43(8)61(51(112-12)35-57(96)89-32-18-22-50(89)68(113-13)44(9)70(103)83-48(34-45-20-16-15-17-21-45)71(104)81-30-19-33-114-77-67(102)64(99)65(100)69(118-77)76(109)110)87(10)75(108)59(41(4)5)86-74(107)60(42(6)7)88(11)79(111)116-38-46-23-25-47(26-24-46)82-72(105)49(39-115-78-66(101)63(98)62(97)52(37-91)117-78)84-73(106)58(40(2)3)85-53(92)29-31-80-54(93)36-90-55(94)27-28-56(90)95/h15-17,20-21,23-26,40-44,48-52,58-69,77-78,91,97-102H,14,18-19,22,27-39H2,1-13H3,(H,80,93)(H,81,104)(H,82,105)(H,83,103)(H,84,106)(H,85,92)(H,86,107)(H,109,110)/t43-,44+,48-,49-,50-,51+,52+,58-,59-,60-,61-,62+,63-,64-,65-,66+,67+,68+,69-,77+,78+/m0/s1/i27T/t27?,43-,44+,48-,49-,50-,51+,52+,58-,59-,60-,61-,62+,63-,64-,65-,66+,67+,68+,69-,77+,78+. The maximum atomic E-state index is 15.0. The Labute approximate surface area is 686 Å². The number of hydrogen-bond acceptors (Lipinski definition) is 27. The van der Waals surface area contributed by atoms with Crippen molar-refractivity contribution in [2.45, 2.75) is 243 Å². The highest BCUT2D eigenvalue weighted by molar-refractivity contribution is 6.04. The van der Waals surface area contributed by atoms with Crippen LogP contribution in [0.4, 0.5) is 10.5 Å². The van der Waals surface area contributed by atoms with E-state index in [2.05, 4.69) is 37.2 Å². The number of benzene rings is 2. The van der Waals surface area contributed by atoms with Crippen LogP contribution in [-0.2, 0) is 104 Å². The van der Waals surface area contributed by atoms with Crippen molar-refractivity contribution in [3.63, 3.8) is 0 Å². The molecule has 15 N–H and O–H groups in total. The number of aliphatic carboxylic acids is 1. The minimum atomic E-state index is -1.91. The van der Waals surface area contributed by atoms with Gasteiger partial charge in [0.25, 0.3) is 0 Å². The topological polar surface area (TPSA) is 546 Å². The summed E-state index contributed by atoms with van der Waals surface area (Å²) in [6.45, 7) is 12.8. The number of hydrogen-bond donors (Lipinski definition) is 15. The lowest BCUT2D eigenvalue weighted by Crippen LogP contribution is -2.60. The van der Waals surface area contributed by atoms with Crippen LogP contribution in [-0.4, -0.2) is 328 Å². The number of likely N-dealkylation sites (N-methyl/N-ethyl adjacent to an activating group) is 2. The Morgan fingerprint density at radius 1 is 0.653 bits per heavy atom. The van der Waals surface area contributed by atoms with E-state index in [0.29, 0.717) is 36.3 Å². The zero-order valence-corrected chi connectivity index (χ0v) is 69.0. The second-order valence-electron chi connectivity index (χ2n) is 31.1. The molecule has 6 rings (SSSR count). The number of nitrogens with zero attached hydrogens (tertiary/aromatic N) is 4. The third kappa shape index (κ3) is 26.8. The minimum Gasteiger partial charge on any atom is -0.479 e. The lowest BCUT2D eigenvalue weighted by atomic mass is 9.89. The van der Waals surface area contributed by atoms with E-state index >= 15 is 4.79 Å². The average Bonchev–Trinajstić information content (AvgIpc) is 1.74. The van der Waals surface area contributed by atoms with Gasteiger partial charge in [-0.2, -0.15) is 0 Å². The Morgan fingerprint density at radius 2 is 1.29 bits per heavy atom. The average molecular weight is 1670 g/mol. The molecule has 0 radical (unpaired) electrons. The highest BCUT2D eigenvalue weighted by atomic mass is 16.7. The smallest absolute Gasteiger partial charge is 0.410 e. The van der Waals surface area contributed by atoms with Gasteiger partial charge in [0.15, 0.2) is 18.7 Å². The first-order valence-electron chi connectivity index (χ1n) is 40.2. The Kier molecular flexibility index (Phi) is 37.9. The van der Waals surface area contributed by atoms with Gasteiger partial charge in [-0.25, -0.2) is 9.59 Å². The maximum Gasteiger partial charge on any atom is 0.410 e. The van der Waals surface area contributed by atoms with E-state index in [-0.39, 0.29) is 75.9 Å². The molecule has 12 amide bonds. The third-order valence-corrected chi connectivity index (χ3v) is 21.5. The molecular weight excluding hydrogens is 1550 g/mol. The number of amides is 12. The number of anilines is 1. The van der Waals surface area contributed by atoms with E-state index in [0.717, 1.165) is 10.5 Å². The summed E-state index contributed by atoms with van der Waals surface area (Å²) in [6, 6.07) is 6.97. The molecule has 4 aliphatic heterocycles. The normalized spacial score (nSPS) is 24.7. The van der Waals surface area contributed by atoms with Gasteiger partial charge in [-0.3, -0.25) is 62.5 Å². The van der Waals surface area contributed by atoms with Gasteiger partial charge >= 0.3 is 12.1 Å². The fraction of sp³-hybridized carbons (Fsp3) is 0.684. The number of aliphatic hydroxyl groups excluding tert-OH is 7. The van der Waals surface area contributed by atoms with Gasteiger partial charge in [-0.05, 0) is 66.2 Å². The fourth-order valence-electron chi connectivity index (χ4n) is 14.5.